The minimum Gasteiger partial charge on any atom is -0.475 e. The summed E-state index contributed by atoms with van der Waals surface area (Å²) < 4.78 is 89.1. The van der Waals surface area contributed by atoms with Gasteiger partial charge in [0.15, 0.2) is 5.13 Å². The Balaban J connectivity index is 0.000000566. The van der Waals surface area contributed by atoms with E-state index >= 15 is 0 Å². The molecule has 0 atom stereocenters. The zero-order valence-electron chi connectivity index (χ0n) is 22.2. The summed E-state index contributed by atoms with van der Waals surface area (Å²) in [6, 6.07) is 6.16. The molecule has 12 nitrogen and oxygen atoms in total. The maximum atomic E-state index is 14.0. The van der Waals surface area contributed by atoms with Crippen molar-refractivity contribution in [3.05, 3.63) is 77.3 Å². The van der Waals surface area contributed by atoms with Crippen molar-refractivity contribution in [2.24, 2.45) is 0 Å². The van der Waals surface area contributed by atoms with E-state index in [9.17, 15) is 35.2 Å². The number of nitrogens with two attached hydrogens (primary N) is 1. The number of halogens is 5. The molecule has 1 aliphatic rings. The summed E-state index contributed by atoms with van der Waals surface area (Å²) in [6.45, 7) is 0.521. The number of anilines is 2. The molecule has 1 aliphatic heterocycles. The van der Waals surface area contributed by atoms with Crippen LogP contribution in [0.15, 0.2) is 60.1 Å². The number of aromatic nitrogens is 4. The molecule has 0 aliphatic carbocycles. The number of thiazole rings is 1. The number of carbonyl (C=O) groups excluding carboxylic acids is 1. The molecule has 4 N–H and O–H groups in total. The summed E-state index contributed by atoms with van der Waals surface area (Å²) in [4.78, 5) is 33.9. The average molecular weight is 660 g/mol. The highest BCUT2D eigenvalue weighted by Gasteiger charge is 2.38. The van der Waals surface area contributed by atoms with Gasteiger partial charge in [-0.2, -0.15) is 17.5 Å². The highest BCUT2D eigenvalue weighted by molar-refractivity contribution is 7.89. The number of alkyl halides is 3. The van der Waals surface area contributed by atoms with Gasteiger partial charge in [0, 0.05) is 37.7 Å². The molecular weight excluding hydrogens is 637 g/mol. The Bertz CT molecular complexity index is 1720. The Hall–Kier alpha value is -4.49. The predicted molar refractivity (Wildman–Crippen MR) is 147 cm³/mol. The molecule has 44 heavy (non-hydrogen) atoms. The summed E-state index contributed by atoms with van der Waals surface area (Å²) in [6.07, 6.45) is 2.08. The number of hydrogen-bond donors (Lipinski definition) is 3. The van der Waals surface area contributed by atoms with Crippen LogP contribution in [0.2, 0.25) is 0 Å². The van der Waals surface area contributed by atoms with E-state index in [1.54, 1.807) is 29.4 Å². The number of piperidine rings is 1. The maximum absolute atomic E-state index is 14.0. The minimum absolute atomic E-state index is 0.0712. The Morgan fingerprint density at radius 2 is 1.73 bits per heavy atom. The van der Waals surface area contributed by atoms with Crippen molar-refractivity contribution < 1.29 is 45.1 Å². The molecule has 1 aromatic carbocycles. The van der Waals surface area contributed by atoms with Crippen molar-refractivity contribution in [1.29, 1.82) is 0 Å². The molecule has 4 aromatic rings. The van der Waals surface area contributed by atoms with Gasteiger partial charge in [0.05, 0.1) is 5.56 Å². The van der Waals surface area contributed by atoms with Crippen molar-refractivity contribution in [2.75, 3.05) is 24.1 Å². The second kappa shape index (κ2) is 13.0. The van der Waals surface area contributed by atoms with Crippen LogP contribution in [0.3, 0.4) is 0 Å². The number of nitrogens with zero attached hydrogens (tertiary/aromatic N) is 5. The molecule has 0 saturated carbocycles. The molecule has 1 saturated heterocycles. The fraction of sp³-hybridized carbons (Fsp3) is 0.240. The average Bonchev–Trinajstić information content (AvgIpc) is 3.63. The smallest absolute Gasteiger partial charge is 0.475 e. The van der Waals surface area contributed by atoms with E-state index in [0.29, 0.717) is 23.8 Å². The van der Waals surface area contributed by atoms with Crippen LogP contribution in [-0.4, -0.2) is 74.4 Å². The molecule has 19 heteroatoms. The van der Waals surface area contributed by atoms with Crippen LogP contribution in [0.1, 0.15) is 28.1 Å². The van der Waals surface area contributed by atoms with E-state index in [-0.39, 0.29) is 34.7 Å². The van der Waals surface area contributed by atoms with Gasteiger partial charge < -0.3 is 16.2 Å². The van der Waals surface area contributed by atoms with Crippen LogP contribution in [0.4, 0.5) is 32.9 Å². The van der Waals surface area contributed by atoms with Crippen molar-refractivity contribution in [1.82, 2.24) is 23.8 Å². The van der Waals surface area contributed by atoms with Crippen molar-refractivity contribution in [3.8, 4) is 5.82 Å². The van der Waals surface area contributed by atoms with Crippen LogP contribution >= 0.6 is 11.3 Å². The quantitative estimate of drug-likeness (QED) is 0.196. The largest absolute Gasteiger partial charge is 0.490 e. The second-order valence-electron chi connectivity index (χ2n) is 9.11. The van der Waals surface area contributed by atoms with Crippen molar-refractivity contribution in [2.45, 2.75) is 30.0 Å². The van der Waals surface area contributed by atoms with Gasteiger partial charge in [-0.3, -0.25) is 9.36 Å². The second-order valence-corrected chi connectivity index (χ2v) is 12.0. The zero-order valence-corrected chi connectivity index (χ0v) is 23.8. The predicted octanol–water partition coefficient (Wildman–Crippen LogP) is 3.71. The van der Waals surface area contributed by atoms with Crippen LogP contribution in [0.25, 0.3) is 5.82 Å². The Kier molecular flexibility index (Phi) is 9.59. The van der Waals surface area contributed by atoms with Crippen LogP contribution in [0.5, 0.6) is 0 Å². The number of aliphatic carboxylic acids is 1. The number of nitrogens with one attached hydrogen (secondary N) is 1. The fourth-order valence-corrected chi connectivity index (χ4v) is 6.34. The molecule has 0 spiro atoms. The molecule has 5 rings (SSSR count). The van der Waals surface area contributed by atoms with Crippen LogP contribution in [0, 0.1) is 11.6 Å². The number of rotatable bonds is 7. The number of pyridine rings is 1. The lowest BCUT2D eigenvalue weighted by atomic mass is 10.1. The fourth-order valence-electron chi connectivity index (χ4n) is 4.02. The monoisotopic (exact) mass is 659 g/mol. The van der Waals surface area contributed by atoms with Gasteiger partial charge >= 0.3 is 12.1 Å². The SMILES string of the molecule is Nc1nc(NC2CCN(S(=O)(=O)c3ccc(-n4ccnc4)nc3)CC2)sc1C(=O)c1c(F)cccc1F.O=C(O)C(F)(F)F. The first-order valence-corrected chi connectivity index (χ1v) is 14.7. The van der Waals surface area contributed by atoms with E-state index in [2.05, 4.69) is 20.3 Å². The van der Waals surface area contributed by atoms with Gasteiger partial charge in [-0.1, -0.05) is 17.4 Å². The first-order chi connectivity index (χ1) is 20.7. The van der Waals surface area contributed by atoms with Gasteiger partial charge in [0.2, 0.25) is 15.8 Å². The number of sulfonamides is 1. The number of ketones is 1. The molecule has 0 bridgehead atoms. The molecule has 4 heterocycles. The van der Waals surface area contributed by atoms with E-state index in [1.807, 2.05) is 0 Å². The molecular formula is C25H22F5N7O5S2. The van der Waals surface area contributed by atoms with Crippen LogP contribution in [-0.2, 0) is 14.8 Å². The van der Waals surface area contributed by atoms with E-state index in [0.717, 1.165) is 23.5 Å². The van der Waals surface area contributed by atoms with Gasteiger partial charge in [-0.25, -0.2) is 36.9 Å². The molecule has 0 radical (unpaired) electrons. The van der Waals surface area contributed by atoms with E-state index in [1.165, 1.54) is 22.6 Å². The van der Waals surface area contributed by atoms with Gasteiger partial charge in [0.1, 0.15) is 39.4 Å². The number of nitrogen functional groups attached to an aromatic ring is 1. The zero-order chi connectivity index (χ0) is 32.2. The molecule has 3 aromatic heterocycles. The summed E-state index contributed by atoms with van der Waals surface area (Å²) in [5, 5.41) is 10.6. The lowest BCUT2D eigenvalue weighted by molar-refractivity contribution is -0.192. The number of imidazole rings is 1. The summed E-state index contributed by atoms with van der Waals surface area (Å²) in [5.41, 5.74) is 5.18. The van der Waals surface area contributed by atoms with Crippen LogP contribution < -0.4 is 11.1 Å². The number of carbonyl (C=O) groups is 2. The third-order valence-corrected chi connectivity index (χ3v) is 9.08. The lowest BCUT2D eigenvalue weighted by Gasteiger charge is -2.31. The van der Waals surface area contributed by atoms with E-state index < -0.39 is 45.2 Å². The molecule has 0 unspecified atom stereocenters. The highest BCUT2D eigenvalue weighted by atomic mass is 32.2. The Morgan fingerprint density at radius 3 is 2.25 bits per heavy atom. The standard InChI is InChI=1S/C23H21F2N7O3S2.C2HF3O2/c24-16-2-1-3-17(25)19(16)20(33)21-22(26)30-23(36-21)29-14-6-9-32(10-7-14)37(34,35)15-4-5-18(28-12-15)31-11-8-27-13-31;3-2(4,5)1(6)7/h1-5,8,11-14H,6-7,9-10,26H2,(H,29,30);(H,6,7). The maximum Gasteiger partial charge on any atom is 0.490 e. The van der Waals surface area contributed by atoms with Crippen molar-refractivity contribution >= 4 is 44.1 Å². The lowest BCUT2D eigenvalue weighted by Crippen LogP contribution is -2.42. The third kappa shape index (κ3) is 7.34. The first kappa shape index (κ1) is 32.4. The Morgan fingerprint density at radius 1 is 1.09 bits per heavy atom. The number of carboxylic acids is 1. The number of hydrogen-bond acceptors (Lipinski definition) is 10. The van der Waals surface area contributed by atoms with E-state index in [4.69, 9.17) is 15.6 Å². The number of carboxylic acid groups (broad SMARTS) is 1. The normalized spacial score (nSPS) is 14.5. The highest BCUT2D eigenvalue weighted by Crippen LogP contribution is 2.31. The topological polar surface area (TPSA) is 173 Å². The Labute approximate surface area is 250 Å². The minimum atomic E-state index is -5.08. The number of benzene rings is 1. The van der Waals surface area contributed by atoms with Gasteiger partial charge in [-0.15, -0.1) is 0 Å². The van der Waals surface area contributed by atoms with Gasteiger partial charge in [0.25, 0.3) is 0 Å². The van der Waals surface area contributed by atoms with Crippen molar-refractivity contribution in [3.63, 3.8) is 0 Å². The molecule has 234 valence electrons. The van der Waals surface area contributed by atoms with Gasteiger partial charge in [-0.05, 0) is 37.1 Å². The summed E-state index contributed by atoms with van der Waals surface area (Å²) >= 11 is 0.900. The third-order valence-electron chi connectivity index (χ3n) is 6.20. The molecule has 1 fully saturated rings. The first-order valence-electron chi connectivity index (χ1n) is 12.4. The summed E-state index contributed by atoms with van der Waals surface area (Å²) in [5.74, 6) is -5.18. The summed E-state index contributed by atoms with van der Waals surface area (Å²) in [7, 11) is -3.73. The molecule has 0 amide bonds.